The summed E-state index contributed by atoms with van der Waals surface area (Å²) >= 11 is 0. The highest BCUT2D eigenvalue weighted by Gasteiger charge is 2.21. The van der Waals surface area contributed by atoms with Gasteiger partial charge in [-0.2, -0.15) is 0 Å². The molecule has 17 heavy (non-hydrogen) atoms. The maximum atomic E-state index is 5.76. The molecule has 2 aliphatic heterocycles. The van der Waals surface area contributed by atoms with Gasteiger partial charge in [-0.05, 0) is 30.5 Å². The third kappa shape index (κ3) is 2.09. The van der Waals surface area contributed by atoms with Crippen LogP contribution in [0.25, 0.3) is 0 Å². The molecule has 1 aromatic carbocycles. The number of para-hydroxylation sites is 1. The molecule has 0 radical (unpaired) electrons. The summed E-state index contributed by atoms with van der Waals surface area (Å²) in [4.78, 5) is 2.50. The van der Waals surface area contributed by atoms with E-state index in [0.29, 0.717) is 5.92 Å². The lowest BCUT2D eigenvalue weighted by Crippen LogP contribution is -2.34. The van der Waals surface area contributed by atoms with Gasteiger partial charge in [0.1, 0.15) is 0 Å². The van der Waals surface area contributed by atoms with E-state index in [0.717, 1.165) is 18.9 Å². The number of rotatable bonds is 2. The number of hydrogen-bond donors (Lipinski definition) is 2. The number of anilines is 1. The van der Waals surface area contributed by atoms with Gasteiger partial charge in [0.25, 0.3) is 0 Å². The van der Waals surface area contributed by atoms with Crippen molar-refractivity contribution in [1.29, 1.82) is 0 Å². The molecule has 0 saturated carbocycles. The topological polar surface area (TPSA) is 41.3 Å². The molecule has 0 aliphatic carbocycles. The second kappa shape index (κ2) is 4.32. The molecule has 3 nitrogen and oxygen atoms in total. The Hall–Kier alpha value is -1.64. The molecular weight excluding hydrogens is 210 g/mol. The molecule has 0 bridgehead atoms. The molecule has 3 N–H and O–H groups in total. The molecule has 2 aliphatic rings. The number of aryl methyl sites for hydroxylation is 1. The van der Waals surface area contributed by atoms with Crippen LogP contribution >= 0.6 is 0 Å². The highest BCUT2D eigenvalue weighted by Crippen LogP contribution is 2.27. The van der Waals surface area contributed by atoms with E-state index in [4.69, 9.17) is 5.73 Å². The minimum atomic E-state index is 0.543. The van der Waals surface area contributed by atoms with Gasteiger partial charge in [-0.15, -0.1) is 0 Å². The van der Waals surface area contributed by atoms with Crippen molar-refractivity contribution in [2.24, 2.45) is 11.7 Å². The predicted octanol–water partition coefficient (Wildman–Crippen LogP) is 1.46. The fourth-order valence-corrected chi connectivity index (χ4v) is 2.82. The molecule has 0 fully saturated rings. The van der Waals surface area contributed by atoms with Crippen molar-refractivity contribution in [3.8, 4) is 0 Å². The van der Waals surface area contributed by atoms with E-state index in [9.17, 15) is 0 Å². The van der Waals surface area contributed by atoms with Crippen molar-refractivity contribution in [3.05, 3.63) is 41.7 Å². The third-order valence-corrected chi connectivity index (χ3v) is 3.64. The Morgan fingerprint density at radius 1 is 1.35 bits per heavy atom. The fourth-order valence-electron chi connectivity index (χ4n) is 2.82. The Labute approximate surface area is 102 Å². The van der Waals surface area contributed by atoms with E-state index < -0.39 is 0 Å². The van der Waals surface area contributed by atoms with Crippen molar-refractivity contribution >= 4 is 5.69 Å². The maximum absolute atomic E-state index is 5.76. The number of fused-ring (bicyclic) bond motifs is 1. The molecule has 3 heteroatoms. The van der Waals surface area contributed by atoms with Crippen LogP contribution in [0, 0.1) is 5.92 Å². The number of nitrogens with two attached hydrogens (primary N) is 1. The SMILES string of the molecule is NC1=C[C@H](CN2CCCc3ccccc32)CN1. The van der Waals surface area contributed by atoms with Gasteiger partial charge < -0.3 is 16.0 Å². The zero-order valence-electron chi connectivity index (χ0n) is 10.0. The third-order valence-electron chi connectivity index (χ3n) is 3.64. The van der Waals surface area contributed by atoms with Crippen molar-refractivity contribution in [2.45, 2.75) is 12.8 Å². The van der Waals surface area contributed by atoms with Crippen LogP contribution in [0.4, 0.5) is 5.69 Å². The van der Waals surface area contributed by atoms with Gasteiger partial charge in [0, 0.05) is 31.2 Å². The molecule has 0 aromatic heterocycles. The smallest absolute Gasteiger partial charge is 0.0923 e. The van der Waals surface area contributed by atoms with Gasteiger partial charge in [-0.25, -0.2) is 0 Å². The minimum absolute atomic E-state index is 0.543. The predicted molar refractivity (Wildman–Crippen MR) is 70.7 cm³/mol. The van der Waals surface area contributed by atoms with Crippen molar-refractivity contribution in [3.63, 3.8) is 0 Å². The summed E-state index contributed by atoms with van der Waals surface area (Å²) in [6.45, 7) is 3.22. The number of benzene rings is 1. The van der Waals surface area contributed by atoms with Crippen LogP contribution in [0.3, 0.4) is 0 Å². The first-order chi connectivity index (χ1) is 8.33. The first-order valence-corrected chi connectivity index (χ1v) is 6.37. The summed E-state index contributed by atoms with van der Waals surface area (Å²) in [5.41, 5.74) is 8.66. The molecule has 0 amide bonds. The molecule has 1 atom stereocenters. The highest BCUT2D eigenvalue weighted by atomic mass is 15.1. The van der Waals surface area contributed by atoms with E-state index in [1.807, 2.05) is 0 Å². The lowest BCUT2D eigenvalue weighted by molar-refractivity contribution is 0.592. The van der Waals surface area contributed by atoms with E-state index in [1.54, 1.807) is 0 Å². The Morgan fingerprint density at radius 3 is 3.06 bits per heavy atom. The second-order valence-electron chi connectivity index (χ2n) is 4.94. The van der Waals surface area contributed by atoms with E-state index in [-0.39, 0.29) is 0 Å². The summed E-state index contributed by atoms with van der Waals surface area (Å²) in [7, 11) is 0. The van der Waals surface area contributed by atoms with E-state index in [2.05, 4.69) is 40.6 Å². The molecular formula is C14H19N3. The Balaban J connectivity index is 1.77. The second-order valence-corrected chi connectivity index (χ2v) is 4.94. The summed E-state index contributed by atoms with van der Waals surface area (Å²) in [5.74, 6) is 1.38. The van der Waals surface area contributed by atoms with Gasteiger partial charge in [0.05, 0.1) is 5.82 Å². The summed E-state index contributed by atoms with van der Waals surface area (Å²) in [6, 6.07) is 8.76. The number of nitrogens with one attached hydrogen (secondary N) is 1. The van der Waals surface area contributed by atoms with Gasteiger partial charge in [-0.3, -0.25) is 0 Å². The van der Waals surface area contributed by atoms with Crippen LogP contribution in [0.1, 0.15) is 12.0 Å². The molecule has 2 heterocycles. The number of nitrogens with zero attached hydrogens (tertiary/aromatic N) is 1. The number of hydrogen-bond acceptors (Lipinski definition) is 3. The van der Waals surface area contributed by atoms with E-state index in [1.165, 1.54) is 30.6 Å². The molecule has 0 unspecified atom stereocenters. The monoisotopic (exact) mass is 229 g/mol. The Kier molecular flexibility index (Phi) is 2.67. The first kappa shape index (κ1) is 10.5. The Morgan fingerprint density at radius 2 is 2.24 bits per heavy atom. The average molecular weight is 229 g/mol. The van der Waals surface area contributed by atoms with Crippen LogP contribution in [0.2, 0.25) is 0 Å². The first-order valence-electron chi connectivity index (χ1n) is 6.37. The molecule has 3 rings (SSSR count). The van der Waals surface area contributed by atoms with Gasteiger partial charge >= 0.3 is 0 Å². The Bertz CT molecular complexity index is 439. The largest absolute Gasteiger partial charge is 0.386 e. The zero-order valence-corrected chi connectivity index (χ0v) is 10.0. The van der Waals surface area contributed by atoms with Crippen LogP contribution in [-0.4, -0.2) is 19.6 Å². The quantitative estimate of drug-likeness (QED) is 0.806. The molecule has 0 spiro atoms. The van der Waals surface area contributed by atoms with Gasteiger partial charge in [0.2, 0.25) is 0 Å². The molecule has 90 valence electrons. The van der Waals surface area contributed by atoms with Gasteiger partial charge in [0.15, 0.2) is 0 Å². The normalized spacial score (nSPS) is 22.9. The average Bonchev–Trinajstić information content (AvgIpc) is 2.75. The lowest BCUT2D eigenvalue weighted by atomic mass is 10.0. The molecule has 0 saturated heterocycles. The summed E-state index contributed by atoms with van der Waals surface area (Å²) in [5, 5.41) is 3.20. The fraction of sp³-hybridized carbons (Fsp3) is 0.429. The molecule has 1 aromatic rings. The minimum Gasteiger partial charge on any atom is -0.386 e. The maximum Gasteiger partial charge on any atom is 0.0923 e. The zero-order chi connectivity index (χ0) is 11.7. The van der Waals surface area contributed by atoms with Crippen LogP contribution in [0.5, 0.6) is 0 Å². The van der Waals surface area contributed by atoms with E-state index >= 15 is 0 Å². The van der Waals surface area contributed by atoms with Crippen molar-refractivity contribution in [2.75, 3.05) is 24.5 Å². The van der Waals surface area contributed by atoms with Crippen molar-refractivity contribution < 1.29 is 0 Å². The summed E-state index contributed by atoms with van der Waals surface area (Å²) < 4.78 is 0. The summed E-state index contributed by atoms with van der Waals surface area (Å²) in [6.07, 6.45) is 4.63. The van der Waals surface area contributed by atoms with Crippen LogP contribution in [0.15, 0.2) is 36.2 Å². The van der Waals surface area contributed by atoms with Crippen LogP contribution in [-0.2, 0) is 6.42 Å². The lowest BCUT2D eigenvalue weighted by Gasteiger charge is -2.32. The van der Waals surface area contributed by atoms with Crippen LogP contribution < -0.4 is 16.0 Å². The highest BCUT2D eigenvalue weighted by molar-refractivity contribution is 5.55. The standard InChI is InChI=1S/C14H19N3/c15-14-8-11(9-16-14)10-17-7-3-5-12-4-1-2-6-13(12)17/h1-2,4,6,8,11,16H,3,5,7,9-10,15H2/t11-/m0/s1. The van der Waals surface area contributed by atoms with Gasteiger partial charge in [-0.1, -0.05) is 18.2 Å². The van der Waals surface area contributed by atoms with Crippen molar-refractivity contribution in [1.82, 2.24) is 5.32 Å².